The average Bonchev–Trinajstić information content (AvgIpc) is 2.85. The molecule has 0 radical (unpaired) electrons. The Kier molecular flexibility index (Phi) is 3.96. The van der Waals surface area contributed by atoms with E-state index in [0.717, 1.165) is 4.90 Å². The summed E-state index contributed by atoms with van der Waals surface area (Å²) in [6.07, 6.45) is -0.516. The van der Waals surface area contributed by atoms with Gasteiger partial charge >= 0.3 is 12.1 Å². The van der Waals surface area contributed by atoms with Crippen molar-refractivity contribution in [2.45, 2.75) is 12.2 Å². The van der Waals surface area contributed by atoms with E-state index in [1.165, 1.54) is 21.3 Å². The Morgan fingerprint density at radius 1 is 1.30 bits per heavy atom. The van der Waals surface area contributed by atoms with Crippen LogP contribution in [0.3, 0.4) is 0 Å². The zero-order valence-electron chi connectivity index (χ0n) is 11.6. The predicted molar refractivity (Wildman–Crippen MR) is 63.4 cm³/mol. The van der Waals surface area contributed by atoms with Crippen molar-refractivity contribution in [1.29, 1.82) is 0 Å². The molecule has 2 fully saturated rings. The van der Waals surface area contributed by atoms with Gasteiger partial charge in [-0.05, 0) is 0 Å². The van der Waals surface area contributed by atoms with Gasteiger partial charge in [0.05, 0.1) is 19.6 Å². The highest BCUT2D eigenvalue weighted by atomic mass is 16.7. The molecule has 8 nitrogen and oxygen atoms in total. The minimum atomic E-state index is -1.21. The standard InChI is InChI=1S/C12H17NO7/c1-17-10(15)7-6-12(18-2,19-3)8(7)9(14)13-4-5-20-11(13)16/h7-8H,4-6H2,1-3H3/t7-,8+/m0/s1. The number of carbonyl (C=O) groups excluding carboxylic acids is 3. The lowest BCUT2D eigenvalue weighted by molar-refractivity contribution is -0.301. The van der Waals surface area contributed by atoms with Gasteiger partial charge in [0, 0.05) is 20.6 Å². The van der Waals surface area contributed by atoms with Crippen LogP contribution in [-0.4, -0.2) is 63.1 Å². The Morgan fingerprint density at radius 2 is 1.95 bits per heavy atom. The van der Waals surface area contributed by atoms with E-state index >= 15 is 0 Å². The third-order valence-corrected chi connectivity index (χ3v) is 3.87. The lowest BCUT2D eigenvalue weighted by Gasteiger charge is -2.50. The maximum atomic E-state index is 12.5. The minimum absolute atomic E-state index is 0.146. The van der Waals surface area contributed by atoms with E-state index in [-0.39, 0.29) is 19.6 Å². The van der Waals surface area contributed by atoms with Crippen molar-refractivity contribution < 1.29 is 33.3 Å². The molecule has 112 valence electrons. The van der Waals surface area contributed by atoms with Crippen LogP contribution in [0.1, 0.15) is 6.42 Å². The third-order valence-electron chi connectivity index (χ3n) is 3.87. The van der Waals surface area contributed by atoms with Gasteiger partial charge < -0.3 is 18.9 Å². The molecular formula is C12H17NO7. The number of methoxy groups -OCH3 is 3. The molecule has 1 aliphatic heterocycles. The third kappa shape index (κ3) is 2.04. The summed E-state index contributed by atoms with van der Waals surface area (Å²) in [5.41, 5.74) is 0. The number of hydrogen-bond acceptors (Lipinski definition) is 7. The van der Waals surface area contributed by atoms with Gasteiger partial charge in [-0.25, -0.2) is 9.69 Å². The highest BCUT2D eigenvalue weighted by Crippen LogP contribution is 2.48. The molecule has 1 saturated carbocycles. The molecule has 2 rings (SSSR count). The molecule has 1 saturated heterocycles. The van der Waals surface area contributed by atoms with Gasteiger partial charge in [-0.2, -0.15) is 0 Å². The van der Waals surface area contributed by atoms with E-state index in [1.807, 2.05) is 0 Å². The fourth-order valence-electron chi connectivity index (χ4n) is 2.69. The topological polar surface area (TPSA) is 91.4 Å². The molecule has 1 heterocycles. The Hall–Kier alpha value is -1.67. The van der Waals surface area contributed by atoms with Crippen molar-refractivity contribution in [2.24, 2.45) is 11.8 Å². The van der Waals surface area contributed by atoms with Gasteiger partial charge in [0.25, 0.3) is 0 Å². The molecule has 20 heavy (non-hydrogen) atoms. The highest BCUT2D eigenvalue weighted by molar-refractivity contribution is 5.97. The van der Waals surface area contributed by atoms with Crippen LogP contribution in [-0.2, 0) is 28.5 Å². The first-order chi connectivity index (χ1) is 9.50. The summed E-state index contributed by atoms with van der Waals surface area (Å²) in [6, 6.07) is 0. The number of carbonyl (C=O) groups is 3. The molecule has 0 unspecified atom stereocenters. The number of rotatable bonds is 4. The fourth-order valence-corrected chi connectivity index (χ4v) is 2.69. The van der Waals surface area contributed by atoms with Crippen molar-refractivity contribution in [2.75, 3.05) is 34.5 Å². The van der Waals surface area contributed by atoms with Crippen LogP contribution in [0.15, 0.2) is 0 Å². The normalized spacial score (nSPS) is 27.8. The summed E-state index contributed by atoms with van der Waals surface area (Å²) >= 11 is 0. The molecule has 0 bridgehead atoms. The quantitative estimate of drug-likeness (QED) is 0.520. The van der Waals surface area contributed by atoms with E-state index in [4.69, 9.17) is 14.2 Å². The second kappa shape index (κ2) is 5.37. The number of ether oxygens (including phenoxy) is 4. The van der Waals surface area contributed by atoms with Crippen LogP contribution in [0, 0.1) is 11.8 Å². The van der Waals surface area contributed by atoms with Gasteiger partial charge in [-0.15, -0.1) is 0 Å². The molecule has 0 aromatic carbocycles. The second-order valence-corrected chi connectivity index (χ2v) is 4.64. The summed E-state index contributed by atoms with van der Waals surface area (Å²) in [7, 11) is 4.02. The maximum Gasteiger partial charge on any atom is 0.416 e. The SMILES string of the molecule is COC(=O)[C@H]1CC(OC)(OC)[C@H]1C(=O)N1CCOC1=O. The first-order valence-corrected chi connectivity index (χ1v) is 6.17. The van der Waals surface area contributed by atoms with Crippen LogP contribution in [0.2, 0.25) is 0 Å². The van der Waals surface area contributed by atoms with Crippen LogP contribution in [0.5, 0.6) is 0 Å². The predicted octanol–water partition coefficient (Wildman–Crippen LogP) is -0.237. The van der Waals surface area contributed by atoms with Crippen LogP contribution in [0.25, 0.3) is 0 Å². The Bertz CT molecular complexity index is 432. The lowest BCUT2D eigenvalue weighted by atomic mass is 9.66. The first kappa shape index (κ1) is 14.7. The number of esters is 1. The Balaban J connectivity index is 2.24. The molecule has 0 N–H and O–H groups in total. The summed E-state index contributed by atoms with van der Waals surface area (Å²) in [6.45, 7) is 0.304. The van der Waals surface area contributed by atoms with Crippen LogP contribution in [0.4, 0.5) is 4.79 Å². The van der Waals surface area contributed by atoms with E-state index in [0.29, 0.717) is 0 Å². The molecule has 2 aliphatic rings. The van der Waals surface area contributed by atoms with Gasteiger partial charge in [0.2, 0.25) is 5.91 Å². The molecule has 0 aromatic rings. The van der Waals surface area contributed by atoms with Crippen molar-refractivity contribution in [3.05, 3.63) is 0 Å². The molecule has 0 aromatic heterocycles. The smallest absolute Gasteiger partial charge is 0.416 e. The molecule has 1 aliphatic carbocycles. The number of imide groups is 1. The summed E-state index contributed by atoms with van der Waals surface area (Å²) in [5.74, 6) is -3.89. The zero-order chi connectivity index (χ0) is 14.9. The monoisotopic (exact) mass is 287 g/mol. The Labute approximate surface area is 115 Å². The number of cyclic esters (lactones) is 1. The van der Waals surface area contributed by atoms with Gasteiger partial charge in [-0.3, -0.25) is 9.59 Å². The largest absolute Gasteiger partial charge is 0.469 e. The van der Waals surface area contributed by atoms with E-state index in [1.54, 1.807) is 0 Å². The zero-order valence-corrected chi connectivity index (χ0v) is 11.6. The Morgan fingerprint density at radius 3 is 2.40 bits per heavy atom. The van der Waals surface area contributed by atoms with Gasteiger partial charge in [0.1, 0.15) is 12.5 Å². The molecule has 2 atom stereocenters. The molecule has 8 heteroatoms. The maximum absolute atomic E-state index is 12.5. The van der Waals surface area contributed by atoms with Crippen LogP contribution < -0.4 is 0 Å². The van der Waals surface area contributed by atoms with Gasteiger partial charge in [-0.1, -0.05) is 0 Å². The number of amides is 2. The lowest BCUT2D eigenvalue weighted by Crippen LogP contribution is -2.64. The van der Waals surface area contributed by atoms with E-state index in [9.17, 15) is 14.4 Å². The van der Waals surface area contributed by atoms with E-state index in [2.05, 4.69) is 4.74 Å². The number of hydrogen-bond donors (Lipinski definition) is 0. The first-order valence-electron chi connectivity index (χ1n) is 6.17. The van der Waals surface area contributed by atoms with Crippen molar-refractivity contribution in [3.8, 4) is 0 Å². The summed E-state index contributed by atoms with van der Waals surface area (Å²) < 4.78 is 19.9. The minimum Gasteiger partial charge on any atom is -0.469 e. The molecule has 0 spiro atoms. The van der Waals surface area contributed by atoms with Crippen molar-refractivity contribution >= 4 is 18.0 Å². The van der Waals surface area contributed by atoms with Crippen molar-refractivity contribution in [1.82, 2.24) is 4.90 Å². The molecular weight excluding hydrogens is 270 g/mol. The molecule has 2 amide bonds. The fraction of sp³-hybridized carbons (Fsp3) is 0.750. The van der Waals surface area contributed by atoms with Crippen molar-refractivity contribution in [3.63, 3.8) is 0 Å². The average molecular weight is 287 g/mol. The second-order valence-electron chi connectivity index (χ2n) is 4.64. The summed E-state index contributed by atoms with van der Waals surface area (Å²) in [5, 5.41) is 0. The number of nitrogens with zero attached hydrogens (tertiary/aromatic N) is 1. The highest BCUT2D eigenvalue weighted by Gasteiger charge is 2.63. The van der Waals surface area contributed by atoms with Crippen LogP contribution >= 0.6 is 0 Å². The van der Waals surface area contributed by atoms with Gasteiger partial charge in [0.15, 0.2) is 5.79 Å². The summed E-state index contributed by atoms with van der Waals surface area (Å²) in [4.78, 5) is 36.6. The van der Waals surface area contributed by atoms with E-state index < -0.39 is 35.6 Å².